The summed E-state index contributed by atoms with van der Waals surface area (Å²) in [4.78, 5) is 0.484. The van der Waals surface area contributed by atoms with Crippen LogP contribution in [0.1, 0.15) is 55.7 Å². The fraction of sp³-hybridized carbons (Fsp3) is 0.647. The molecule has 1 fully saturated rings. The summed E-state index contributed by atoms with van der Waals surface area (Å²) in [7, 11) is -3.45. The maximum atomic E-state index is 13.3. The van der Waals surface area contributed by atoms with Gasteiger partial charge in [0, 0.05) is 17.1 Å². The van der Waals surface area contributed by atoms with E-state index in [4.69, 9.17) is 0 Å². The van der Waals surface area contributed by atoms with Crippen LogP contribution in [-0.2, 0) is 10.0 Å². The van der Waals surface area contributed by atoms with Crippen molar-refractivity contribution < 1.29 is 8.42 Å². The first-order valence-corrected chi connectivity index (χ1v) is 10.3. The highest BCUT2D eigenvalue weighted by Crippen LogP contribution is 2.34. The molecule has 0 spiro atoms. The first-order valence-electron chi connectivity index (χ1n) is 8.08. The molecule has 1 saturated carbocycles. The van der Waals surface area contributed by atoms with Crippen LogP contribution in [-0.4, -0.2) is 25.3 Å². The van der Waals surface area contributed by atoms with Gasteiger partial charge in [-0.3, -0.25) is 0 Å². The van der Waals surface area contributed by atoms with Gasteiger partial charge in [0.15, 0.2) is 0 Å². The van der Waals surface area contributed by atoms with Gasteiger partial charge in [-0.05, 0) is 50.3 Å². The maximum Gasteiger partial charge on any atom is 0.243 e. The minimum absolute atomic E-state index is 0.155. The Morgan fingerprint density at radius 2 is 1.73 bits per heavy atom. The maximum absolute atomic E-state index is 13.3. The van der Waals surface area contributed by atoms with Gasteiger partial charge in [-0.25, -0.2) is 8.42 Å². The molecule has 0 amide bonds. The summed E-state index contributed by atoms with van der Waals surface area (Å²) in [6, 6.07) is 2.11. The lowest BCUT2D eigenvalue weighted by atomic mass is 9.95. The van der Waals surface area contributed by atoms with E-state index in [-0.39, 0.29) is 6.04 Å². The molecule has 0 radical (unpaired) electrons. The molecule has 0 saturated heterocycles. The Morgan fingerprint density at radius 1 is 1.14 bits per heavy atom. The third-order valence-corrected chi connectivity index (χ3v) is 8.21. The van der Waals surface area contributed by atoms with Crippen LogP contribution in [0.25, 0.3) is 0 Å². The minimum Gasteiger partial charge on any atom is -0.207 e. The molecule has 0 aliphatic heterocycles. The fourth-order valence-corrected chi connectivity index (χ4v) is 6.23. The van der Waals surface area contributed by atoms with E-state index in [1.807, 2.05) is 33.8 Å². The molecule has 0 heterocycles. The molecule has 124 valence electrons. The lowest BCUT2D eigenvalue weighted by Gasteiger charge is -2.33. The van der Waals surface area contributed by atoms with Gasteiger partial charge in [-0.1, -0.05) is 48.2 Å². The summed E-state index contributed by atoms with van der Waals surface area (Å²) in [5.41, 5.74) is 2.74. The van der Waals surface area contributed by atoms with E-state index in [1.54, 1.807) is 4.31 Å². The number of rotatable bonds is 4. The normalized spacial score (nSPS) is 17.2. The second-order valence-electron chi connectivity index (χ2n) is 6.28. The second kappa shape index (κ2) is 7.02. The molecule has 1 aliphatic carbocycles. The third-order valence-electron chi connectivity index (χ3n) is 4.67. The Hall–Kier alpha value is -0.390. The zero-order chi connectivity index (χ0) is 16.5. The largest absolute Gasteiger partial charge is 0.243 e. The summed E-state index contributed by atoms with van der Waals surface area (Å²) < 4.78 is 29.2. The molecule has 0 aromatic heterocycles. The first-order chi connectivity index (χ1) is 10.3. The van der Waals surface area contributed by atoms with Crippen molar-refractivity contribution in [1.82, 2.24) is 4.31 Å². The quantitative estimate of drug-likeness (QED) is 0.749. The van der Waals surface area contributed by atoms with Crippen LogP contribution in [0.3, 0.4) is 0 Å². The van der Waals surface area contributed by atoms with Crippen molar-refractivity contribution >= 4 is 26.0 Å². The summed E-state index contributed by atoms with van der Waals surface area (Å²) in [6.45, 7) is 8.27. The van der Waals surface area contributed by atoms with Gasteiger partial charge in [-0.15, -0.1) is 0 Å². The predicted octanol–water partition coefficient (Wildman–Crippen LogP) is 4.72. The number of hydrogen-bond donors (Lipinski definition) is 0. The molecular weight excluding hydrogens is 362 g/mol. The Morgan fingerprint density at radius 3 is 2.27 bits per heavy atom. The molecular formula is C17H26BrNO2S. The van der Waals surface area contributed by atoms with E-state index < -0.39 is 10.0 Å². The van der Waals surface area contributed by atoms with Crippen molar-refractivity contribution in [2.45, 2.75) is 70.7 Å². The summed E-state index contributed by atoms with van der Waals surface area (Å²) >= 11 is 3.54. The smallest absolute Gasteiger partial charge is 0.207 e. The standard InChI is InChI=1S/C17H26BrNO2S/c1-5-19(15-9-7-6-8-10-15)22(20,21)17-13(3)11-12(2)16(18)14(17)4/h11,15H,5-10H2,1-4H3. The molecule has 0 unspecified atom stereocenters. The lowest BCUT2D eigenvalue weighted by molar-refractivity contribution is 0.261. The van der Waals surface area contributed by atoms with Crippen LogP contribution in [0.2, 0.25) is 0 Å². The number of nitrogens with zero attached hydrogens (tertiary/aromatic N) is 1. The number of halogens is 1. The van der Waals surface area contributed by atoms with Crippen LogP contribution < -0.4 is 0 Å². The van der Waals surface area contributed by atoms with E-state index in [2.05, 4.69) is 15.9 Å². The van der Waals surface area contributed by atoms with Crippen LogP contribution in [0, 0.1) is 20.8 Å². The van der Waals surface area contributed by atoms with Crippen molar-refractivity contribution in [3.63, 3.8) is 0 Å². The van der Waals surface area contributed by atoms with Gasteiger partial charge >= 0.3 is 0 Å². The molecule has 22 heavy (non-hydrogen) atoms. The number of benzene rings is 1. The topological polar surface area (TPSA) is 37.4 Å². The van der Waals surface area contributed by atoms with Crippen LogP contribution in [0.15, 0.2) is 15.4 Å². The van der Waals surface area contributed by atoms with Crippen LogP contribution in [0.5, 0.6) is 0 Å². The second-order valence-corrected chi connectivity index (χ2v) is 8.90. The van der Waals surface area contributed by atoms with E-state index in [9.17, 15) is 8.42 Å². The zero-order valence-electron chi connectivity index (χ0n) is 13.9. The molecule has 0 N–H and O–H groups in total. The Bertz CT molecular complexity index is 649. The van der Waals surface area contributed by atoms with Gasteiger partial charge in [0.05, 0.1) is 4.90 Å². The Labute approximate surface area is 143 Å². The predicted molar refractivity (Wildman–Crippen MR) is 94.8 cm³/mol. The van der Waals surface area contributed by atoms with E-state index >= 15 is 0 Å². The first kappa shape index (κ1) is 18.0. The fourth-order valence-electron chi connectivity index (χ4n) is 3.65. The average molecular weight is 388 g/mol. The molecule has 3 nitrogen and oxygen atoms in total. The Kier molecular flexibility index (Phi) is 5.73. The lowest BCUT2D eigenvalue weighted by Crippen LogP contribution is -2.41. The molecule has 2 rings (SSSR count). The monoisotopic (exact) mass is 387 g/mol. The summed E-state index contributed by atoms with van der Waals surface area (Å²) in [6.07, 6.45) is 5.46. The van der Waals surface area contributed by atoms with Gasteiger partial charge in [0.1, 0.15) is 0 Å². The van der Waals surface area contributed by atoms with Crippen LogP contribution in [0.4, 0.5) is 0 Å². The van der Waals surface area contributed by atoms with Crippen molar-refractivity contribution in [2.24, 2.45) is 0 Å². The van der Waals surface area contributed by atoms with Crippen LogP contribution >= 0.6 is 15.9 Å². The highest BCUT2D eigenvalue weighted by atomic mass is 79.9. The van der Waals surface area contributed by atoms with E-state index in [0.717, 1.165) is 46.8 Å². The third kappa shape index (κ3) is 3.26. The minimum atomic E-state index is -3.45. The van der Waals surface area contributed by atoms with Crippen molar-refractivity contribution in [2.75, 3.05) is 6.54 Å². The highest BCUT2D eigenvalue weighted by Gasteiger charge is 2.33. The number of aryl methyl sites for hydroxylation is 2. The molecule has 5 heteroatoms. The van der Waals surface area contributed by atoms with Gasteiger partial charge in [0.25, 0.3) is 0 Å². The SMILES string of the molecule is CCN(C1CCCCC1)S(=O)(=O)c1c(C)cc(C)c(Br)c1C. The highest BCUT2D eigenvalue weighted by molar-refractivity contribution is 9.10. The van der Waals surface area contributed by atoms with Crippen molar-refractivity contribution in [3.8, 4) is 0 Å². The van der Waals surface area contributed by atoms with Gasteiger partial charge < -0.3 is 0 Å². The molecule has 1 aromatic carbocycles. The van der Waals surface area contributed by atoms with Crippen molar-refractivity contribution in [1.29, 1.82) is 0 Å². The van der Waals surface area contributed by atoms with Gasteiger partial charge in [0.2, 0.25) is 10.0 Å². The van der Waals surface area contributed by atoms with E-state index in [0.29, 0.717) is 11.4 Å². The summed E-state index contributed by atoms with van der Waals surface area (Å²) in [5.74, 6) is 0. The van der Waals surface area contributed by atoms with E-state index in [1.165, 1.54) is 6.42 Å². The summed E-state index contributed by atoms with van der Waals surface area (Å²) in [5, 5.41) is 0. The Balaban J connectivity index is 2.51. The number of hydrogen-bond acceptors (Lipinski definition) is 2. The molecule has 1 aromatic rings. The average Bonchev–Trinajstić information content (AvgIpc) is 2.46. The zero-order valence-corrected chi connectivity index (χ0v) is 16.3. The number of sulfonamides is 1. The molecule has 1 aliphatic rings. The van der Waals surface area contributed by atoms with Gasteiger partial charge in [-0.2, -0.15) is 4.31 Å². The molecule has 0 atom stereocenters. The molecule has 0 bridgehead atoms. The van der Waals surface area contributed by atoms with Crippen molar-refractivity contribution in [3.05, 3.63) is 27.2 Å².